The van der Waals surface area contributed by atoms with Gasteiger partial charge in [0.2, 0.25) is 0 Å². The highest BCUT2D eigenvalue weighted by Gasteiger charge is 2.13. The summed E-state index contributed by atoms with van der Waals surface area (Å²) in [7, 11) is 1.84. The largest absolute Gasteiger partial charge is 0.367 e. The zero-order chi connectivity index (χ0) is 14.4. The highest BCUT2D eigenvalue weighted by molar-refractivity contribution is 5.54. The Labute approximate surface area is 120 Å². The number of hydrogen-bond donors (Lipinski definition) is 1. The van der Waals surface area contributed by atoms with Gasteiger partial charge in [0.1, 0.15) is 5.82 Å². The van der Waals surface area contributed by atoms with Crippen molar-refractivity contribution in [1.82, 2.24) is 5.32 Å². The van der Waals surface area contributed by atoms with E-state index in [4.69, 9.17) is 0 Å². The van der Waals surface area contributed by atoms with Crippen LogP contribution in [0.5, 0.6) is 0 Å². The number of halogens is 1. The van der Waals surface area contributed by atoms with Crippen LogP contribution < -0.4 is 10.2 Å². The van der Waals surface area contributed by atoms with E-state index >= 15 is 0 Å². The third kappa shape index (κ3) is 3.36. The van der Waals surface area contributed by atoms with Gasteiger partial charge in [-0.1, -0.05) is 36.4 Å². The average Bonchev–Trinajstić information content (AvgIpc) is 2.48. The first-order chi connectivity index (χ1) is 9.76. The van der Waals surface area contributed by atoms with Gasteiger partial charge in [0, 0.05) is 30.9 Å². The molecule has 0 saturated carbocycles. The summed E-state index contributed by atoms with van der Waals surface area (Å²) < 4.78 is 14.0. The lowest BCUT2D eigenvalue weighted by Gasteiger charge is -2.26. The van der Waals surface area contributed by atoms with E-state index in [0.717, 1.165) is 24.3 Å². The van der Waals surface area contributed by atoms with Gasteiger partial charge in [0.15, 0.2) is 0 Å². The average molecular weight is 272 g/mol. The molecular formula is C17H21FN2. The number of hydrogen-bond acceptors (Lipinski definition) is 2. The molecule has 106 valence electrons. The van der Waals surface area contributed by atoms with Crippen LogP contribution >= 0.6 is 0 Å². The minimum atomic E-state index is -0.150. The lowest BCUT2D eigenvalue weighted by molar-refractivity contribution is 0.598. The van der Waals surface area contributed by atoms with Gasteiger partial charge in [-0.2, -0.15) is 0 Å². The lowest BCUT2D eigenvalue weighted by Crippen LogP contribution is -2.24. The molecule has 3 heteroatoms. The van der Waals surface area contributed by atoms with Crippen molar-refractivity contribution in [2.24, 2.45) is 0 Å². The molecule has 0 fully saturated rings. The summed E-state index contributed by atoms with van der Waals surface area (Å²) >= 11 is 0. The summed E-state index contributed by atoms with van der Waals surface area (Å²) in [5, 5.41) is 3.04. The Morgan fingerprint density at radius 3 is 2.45 bits per heavy atom. The molecule has 20 heavy (non-hydrogen) atoms. The fourth-order valence-corrected chi connectivity index (χ4v) is 2.37. The van der Waals surface area contributed by atoms with E-state index < -0.39 is 0 Å². The predicted molar refractivity (Wildman–Crippen MR) is 82.3 cm³/mol. The number of anilines is 1. The Hall–Kier alpha value is -1.87. The first-order valence-electron chi connectivity index (χ1n) is 6.97. The Morgan fingerprint density at radius 2 is 1.80 bits per heavy atom. The number of rotatable bonds is 6. The first kappa shape index (κ1) is 14.5. The fourth-order valence-electron chi connectivity index (χ4n) is 2.37. The fraction of sp³-hybridized carbons (Fsp3) is 0.294. The number of nitrogens with zero attached hydrogens (tertiary/aromatic N) is 1. The van der Waals surface area contributed by atoms with Crippen LogP contribution in [0.25, 0.3) is 0 Å². The van der Waals surface area contributed by atoms with E-state index in [1.54, 1.807) is 6.07 Å². The molecule has 0 heterocycles. The van der Waals surface area contributed by atoms with Crippen molar-refractivity contribution in [3.05, 3.63) is 65.5 Å². The topological polar surface area (TPSA) is 15.3 Å². The molecular weight excluding hydrogens is 251 g/mol. The summed E-state index contributed by atoms with van der Waals surface area (Å²) in [5.74, 6) is -0.150. The van der Waals surface area contributed by atoms with E-state index in [1.165, 1.54) is 11.6 Å². The molecule has 0 bridgehead atoms. The van der Waals surface area contributed by atoms with Gasteiger partial charge in [0.05, 0.1) is 0 Å². The van der Waals surface area contributed by atoms with Crippen LogP contribution in [0.3, 0.4) is 0 Å². The van der Waals surface area contributed by atoms with Crippen molar-refractivity contribution in [1.29, 1.82) is 0 Å². The van der Waals surface area contributed by atoms with Gasteiger partial charge in [-0.15, -0.1) is 0 Å². The monoisotopic (exact) mass is 272 g/mol. The van der Waals surface area contributed by atoms with Gasteiger partial charge in [0.25, 0.3) is 0 Å². The molecule has 0 saturated heterocycles. The van der Waals surface area contributed by atoms with Crippen LogP contribution in [-0.2, 0) is 13.1 Å². The zero-order valence-electron chi connectivity index (χ0n) is 12.1. The Balaban J connectivity index is 2.29. The van der Waals surface area contributed by atoms with Crippen LogP contribution in [0.1, 0.15) is 18.1 Å². The van der Waals surface area contributed by atoms with E-state index in [-0.39, 0.29) is 5.82 Å². The molecule has 0 aliphatic rings. The SMILES string of the molecule is CCN(Cc1ccccc1)c1cccc(F)c1CNC. The van der Waals surface area contributed by atoms with E-state index in [1.807, 2.05) is 31.3 Å². The molecule has 2 aromatic carbocycles. The van der Waals surface area contributed by atoms with Crippen LogP contribution in [0.4, 0.5) is 10.1 Å². The standard InChI is InChI=1S/C17H21FN2/c1-3-20(13-14-8-5-4-6-9-14)17-11-7-10-16(18)15(17)12-19-2/h4-11,19H,3,12-13H2,1-2H3. The molecule has 1 N–H and O–H groups in total. The summed E-state index contributed by atoms with van der Waals surface area (Å²) in [6.07, 6.45) is 0. The molecule has 0 radical (unpaired) electrons. The molecule has 0 unspecified atom stereocenters. The highest BCUT2D eigenvalue weighted by atomic mass is 19.1. The van der Waals surface area contributed by atoms with Crippen molar-refractivity contribution >= 4 is 5.69 Å². The summed E-state index contributed by atoms with van der Waals surface area (Å²) in [4.78, 5) is 2.20. The van der Waals surface area contributed by atoms with Gasteiger partial charge >= 0.3 is 0 Å². The molecule has 0 spiro atoms. The Kier molecular flexibility index (Phi) is 5.13. The van der Waals surface area contributed by atoms with Crippen LogP contribution in [-0.4, -0.2) is 13.6 Å². The van der Waals surface area contributed by atoms with Gasteiger partial charge in [-0.05, 0) is 31.7 Å². The Bertz CT molecular complexity index is 540. The molecule has 0 atom stereocenters. The van der Waals surface area contributed by atoms with Gasteiger partial charge in [-0.25, -0.2) is 4.39 Å². The Morgan fingerprint density at radius 1 is 1.05 bits per heavy atom. The van der Waals surface area contributed by atoms with E-state index in [0.29, 0.717) is 6.54 Å². The third-order valence-corrected chi connectivity index (χ3v) is 3.39. The quantitative estimate of drug-likeness (QED) is 0.865. The normalized spacial score (nSPS) is 10.6. The lowest BCUT2D eigenvalue weighted by atomic mass is 10.1. The van der Waals surface area contributed by atoms with Crippen molar-refractivity contribution in [2.45, 2.75) is 20.0 Å². The molecule has 2 aromatic rings. The second kappa shape index (κ2) is 7.06. The maximum atomic E-state index is 14.0. The van der Waals surface area contributed by atoms with Crippen molar-refractivity contribution in [3.8, 4) is 0 Å². The third-order valence-electron chi connectivity index (χ3n) is 3.39. The second-order valence-electron chi connectivity index (χ2n) is 4.77. The smallest absolute Gasteiger partial charge is 0.129 e. The van der Waals surface area contributed by atoms with Crippen molar-refractivity contribution < 1.29 is 4.39 Å². The van der Waals surface area contributed by atoms with Crippen molar-refractivity contribution in [2.75, 3.05) is 18.5 Å². The first-order valence-corrected chi connectivity index (χ1v) is 6.97. The van der Waals surface area contributed by atoms with Crippen LogP contribution in [0, 0.1) is 5.82 Å². The molecule has 2 nitrogen and oxygen atoms in total. The van der Waals surface area contributed by atoms with Crippen molar-refractivity contribution in [3.63, 3.8) is 0 Å². The van der Waals surface area contributed by atoms with Crippen LogP contribution in [0.15, 0.2) is 48.5 Å². The second-order valence-corrected chi connectivity index (χ2v) is 4.77. The minimum Gasteiger partial charge on any atom is -0.367 e. The molecule has 0 amide bonds. The summed E-state index contributed by atoms with van der Waals surface area (Å²) in [5.41, 5.74) is 2.92. The van der Waals surface area contributed by atoms with E-state index in [2.05, 4.69) is 29.3 Å². The molecule has 0 aliphatic heterocycles. The number of nitrogens with one attached hydrogen (secondary N) is 1. The van der Waals surface area contributed by atoms with Gasteiger partial charge < -0.3 is 10.2 Å². The zero-order valence-corrected chi connectivity index (χ0v) is 12.1. The number of benzene rings is 2. The predicted octanol–water partition coefficient (Wildman–Crippen LogP) is 3.57. The summed E-state index contributed by atoms with van der Waals surface area (Å²) in [6, 6.07) is 15.5. The highest BCUT2D eigenvalue weighted by Crippen LogP contribution is 2.24. The molecule has 0 aliphatic carbocycles. The maximum absolute atomic E-state index is 14.0. The summed E-state index contributed by atoms with van der Waals surface area (Å²) in [6.45, 7) is 4.26. The molecule has 2 rings (SSSR count). The van der Waals surface area contributed by atoms with Crippen LogP contribution in [0.2, 0.25) is 0 Å². The minimum absolute atomic E-state index is 0.150. The maximum Gasteiger partial charge on any atom is 0.129 e. The molecule has 0 aromatic heterocycles. The van der Waals surface area contributed by atoms with Gasteiger partial charge in [-0.3, -0.25) is 0 Å². The van der Waals surface area contributed by atoms with E-state index in [9.17, 15) is 4.39 Å².